The van der Waals surface area contributed by atoms with Crippen molar-refractivity contribution < 1.29 is 19.5 Å². The van der Waals surface area contributed by atoms with E-state index >= 15 is 0 Å². The molecule has 1 aromatic heterocycles. The summed E-state index contributed by atoms with van der Waals surface area (Å²) in [6, 6.07) is 17.0. The topological polar surface area (TPSA) is 99.6 Å². The third-order valence-corrected chi connectivity index (χ3v) is 7.29. The van der Waals surface area contributed by atoms with E-state index in [1.54, 1.807) is 6.20 Å². The average Bonchev–Trinajstić information content (AvgIpc) is 3.14. The molecule has 156 valence electrons. The molecule has 8 heteroatoms. The first kappa shape index (κ1) is 19.6. The first-order valence-corrected chi connectivity index (χ1v) is 10.9. The second-order valence-electron chi connectivity index (χ2n) is 7.64. The predicted octanol–water partition coefficient (Wildman–Crippen LogP) is 2.37. The number of β-lactam (4-membered cyclic amide) rings is 1. The number of benzene rings is 2. The summed E-state index contributed by atoms with van der Waals surface area (Å²) < 4.78 is 0. The van der Waals surface area contributed by atoms with Crippen molar-refractivity contribution in [2.24, 2.45) is 0 Å². The summed E-state index contributed by atoms with van der Waals surface area (Å²) >= 11 is 1.41. The lowest BCUT2D eigenvalue weighted by Crippen LogP contribution is -2.70. The molecule has 3 aromatic rings. The third-order valence-electron chi connectivity index (χ3n) is 5.68. The minimum Gasteiger partial charge on any atom is -0.480 e. The van der Waals surface area contributed by atoms with Crippen molar-refractivity contribution in [3.05, 3.63) is 78.0 Å². The molecule has 2 amide bonds. The van der Waals surface area contributed by atoms with E-state index in [4.69, 9.17) is 0 Å². The standard InChI is InChI=1S/C23H19N3O4S/c27-17(11-13-5-2-1-3-6-13)25-18-21(28)26-19(23(29)30)20(31-22(18)26)15-8-9-16-14(12-15)7-4-10-24-16/h1-10,12,18-20,22H,11H2,(H,25,27)(H,29,30)/t18-,19-,20-,22-/m1/s1. The van der Waals surface area contributed by atoms with Gasteiger partial charge in [-0.3, -0.25) is 14.6 Å². The van der Waals surface area contributed by atoms with Crippen molar-refractivity contribution >= 4 is 40.4 Å². The Morgan fingerprint density at radius 1 is 1.10 bits per heavy atom. The van der Waals surface area contributed by atoms with E-state index in [1.165, 1.54) is 16.7 Å². The van der Waals surface area contributed by atoms with Gasteiger partial charge in [0.05, 0.1) is 17.2 Å². The van der Waals surface area contributed by atoms with Gasteiger partial charge in [0.2, 0.25) is 11.8 Å². The molecular weight excluding hydrogens is 414 g/mol. The predicted molar refractivity (Wildman–Crippen MR) is 116 cm³/mol. The largest absolute Gasteiger partial charge is 0.480 e. The summed E-state index contributed by atoms with van der Waals surface area (Å²) in [5.74, 6) is -1.65. The average molecular weight is 433 g/mol. The summed E-state index contributed by atoms with van der Waals surface area (Å²) in [5, 5.41) is 12.7. The van der Waals surface area contributed by atoms with E-state index in [9.17, 15) is 19.5 Å². The van der Waals surface area contributed by atoms with Crippen LogP contribution >= 0.6 is 11.8 Å². The van der Waals surface area contributed by atoms with Crippen molar-refractivity contribution in [3.8, 4) is 0 Å². The van der Waals surface area contributed by atoms with Gasteiger partial charge in [-0.25, -0.2) is 4.79 Å². The highest BCUT2D eigenvalue weighted by Crippen LogP contribution is 2.52. The summed E-state index contributed by atoms with van der Waals surface area (Å²) in [5.41, 5.74) is 2.51. The molecule has 0 aliphatic carbocycles. The highest BCUT2D eigenvalue weighted by molar-refractivity contribution is 8.00. The number of aliphatic carboxylic acids is 1. The first-order valence-electron chi connectivity index (χ1n) is 9.91. The van der Waals surface area contributed by atoms with Gasteiger partial charge in [0.15, 0.2) is 0 Å². The number of nitrogens with zero attached hydrogens (tertiary/aromatic N) is 2. The smallest absolute Gasteiger partial charge is 0.327 e. The summed E-state index contributed by atoms with van der Waals surface area (Å²) in [6.45, 7) is 0. The van der Waals surface area contributed by atoms with Gasteiger partial charge in [-0.05, 0) is 29.3 Å². The molecule has 31 heavy (non-hydrogen) atoms. The van der Waals surface area contributed by atoms with E-state index in [-0.39, 0.29) is 18.2 Å². The van der Waals surface area contributed by atoms with Gasteiger partial charge in [-0.1, -0.05) is 42.5 Å². The fraction of sp³-hybridized carbons (Fsp3) is 0.217. The molecule has 0 unspecified atom stereocenters. The Morgan fingerprint density at radius 3 is 2.68 bits per heavy atom. The van der Waals surface area contributed by atoms with E-state index < -0.39 is 28.7 Å². The van der Waals surface area contributed by atoms with E-state index in [2.05, 4.69) is 10.3 Å². The van der Waals surface area contributed by atoms with Gasteiger partial charge in [-0.2, -0.15) is 0 Å². The van der Waals surface area contributed by atoms with Crippen LogP contribution in [0.25, 0.3) is 10.9 Å². The van der Waals surface area contributed by atoms with Crippen LogP contribution in [0.4, 0.5) is 0 Å². The van der Waals surface area contributed by atoms with Crippen LogP contribution in [-0.2, 0) is 20.8 Å². The van der Waals surface area contributed by atoms with E-state index in [1.807, 2.05) is 60.7 Å². The first-order chi connectivity index (χ1) is 15.0. The van der Waals surface area contributed by atoms with Gasteiger partial charge < -0.3 is 15.3 Å². The van der Waals surface area contributed by atoms with Gasteiger partial charge in [0.1, 0.15) is 17.5 Å². The quantitative estimate of drug-likeness (QED) is 0.600. The minimum absolute atomic E-state index is 0.172. The number of thioether (sulfide) groups is 1. The van der Waals surface area contributed by atoms with Crippen LogP contribution in [0.15, 0.2) is 66.9 Å². The van der Waals surface area contributed by atoms with Crippen molar-refractivity contribution in [1.82, 2.24) is 15.2 Å². The third kappa shape index (κ3) is 3.42. The highest BCUT2D eigenvalue weighted by atomic mass is 32.2. The van der Waals surface area contributed by atoms with Gasteiger partial charge in [-0.15, -0.1) is 11.8 Å². The fourth-order valence-corrected chi connectivity index (χ4v) is 5.92. The van der Waals surface area contributed by atoms with Crippen LogP contribution in [0.3, 0.4) is 0 Å². The zero-order chi connectivity index (χ0) is 21.5. The van der Waals surface area contributed by atoms with Gasteiger partial charge >= 0.3 is 5.97 Å². The molecule has 4 atom stereocenters. The van der Waals surface area contributed by atoms with Gasteiger partial charge in [0, 0.05) is 11.6 Å². The minimum atomic E-state index is -1.05. The monoisotopic (exact) mass is 433 g/mol. The summed E-state index contributed by atoms with van der Waals surface area (Å²) in [7, 11) is 0. The van der Waals surface area contributed by atoms with Crippen molar-refractivity contribution in [2.45, 2.75) is 29.1 Å². The summed E-state index contributed by atoms with van der Waals surface area (Å²) in [4.78, 5) is 42.9. The Kier molecular flexibility index (Phi) is 4.86. The SMILES string of the molecule is O=C(Cc1ccccc1)N[C@@H]1C(=O)N2[C@@H]1S[C@H](c1ccc3ncccc3c1)[C@@H]2C(=O)O. The van der Waals surface area contributed by atoms with Crippen molar-refractivity contribution in [3.63, 3.8) is 0 Å². The molecule has 0 spiro atoms. The fourth-order valence-electron chi connectivity index (χ4n) is 4.22. The molecule has 2 aliphatic rings. The lowest BCUT2D eigenvalue weighted by Gasteiger charge is -2.43. The number of nitrogens with one attached hydrogen (secondary N) is 1. The van der Waals surface area contributed by atoms with Gasteiger partial charge in [0.25, 0.3) is 0 Å². The van der Waals surface area contributed by atoms with E-state index in [0.29, 0.717) is 0 Å². The Bertz CT molecular complexity index is 1190. The van der Waals surface area contributed by atoms with Crippen LogP contribution in [0.5, 0.6) is 0 Å². The number of rotatable bonds is 5. The Labute approximate surface area is 182 Å². The number of aromatic nitrogens is 1. The van der Waals surface area contributed by atoms with Crippen LogP contribution in [0.1, 0.15) is 16.4 Å². The number of carbonyl (C=O) groups is 3. The number of carboxylic acids is 1. The molecule has 5 rings (SSSR count). The normalized spacial score (nSPS) is 24.5. The molecule has 2 aliphatic heterocycles. The second-order valence-corrected chi connectivity index (χ2v) is 8.90. The number of carbonyl (C=O) groups excluding carboxylic acids is 2. The Morgan fingerprint density at radius 2 is 1.90 bits per heavy atom. The number of carboxylic acid groups (broad SMARTS) is 1. The number of hydrogen-bond donors (Lipinski definition) is 2. The molecule has 2 saturated heterocycles. The lowest BCUT2D eigenvalue weighted by atomic mass is 9.97. The lowest BCUT2D eigenvalue weighted by molar-refractivity contribution is -0.160. The second kappa shape index (κ2) is 7.70. The van der Waals surface area contributed by atoms with Crippen LogP contribution in [0.2, 0.25) is 0 Å². The maximum absolute atomic E-state index is 12.8. The molecule has 2 aromatic carbocycles. The van der Waals surface area contributed by atoms with E-state index in [0.717, 1.165) is 22.0 Å². The summed E-state index contributed by atoms with van der Waals surface area (Å²) in [6.07, 6.45) is 1.88. The van der Waals surface area contributed by atoms with Crippen LogP contribution in [-0.4, -0.2) is 50.2 Å². The zero-order valence-electron chi connectivity index (χ0n) is 16.3. The molecule has 0 saturated carbocycles. The molecular formula is C23H19N3O4S. The van der Waals surface area contributed by atoms with Crippen molar-refractivity contribution in [2.75, 3.05) is 0 Å². The molecule has 2 N–H and O–H groups in total. The molecule has 0 bridgehead atoms. The molecule has 7 nitrogen and oxygen atoms in total. The van der Waals surface area contributed by atoms with Crippen LogP contribution in [0, 0.1) is 0 Å². The Hall–Kier alpha value is -3.39. The number of fused-ring (bicyclic) bond motifs is 2. The maximum atomic E-state index is 12.8. The Balaban J connectivity index is 1.36. The molecule has 0 radical (unpaired) electrons. The van der Waals surface area contributed by atoms with Crippen molar-refractivity contribution in [1.29, 1.82) is 0 Å². The zero-order valence-corrected chi connectivity index (χ0v) is 17.2. The van der Waals surface area contributed by atoms with Crippen LogP contribution < -0.4 is 5.32 Å². The molecule has 3 heterocycles. The number of hydrogen-bond acceptors (Lipinski definition) is 5. The number of pyridine rings is 1. The highest BCUT2D eigenvalue weighted by Gasteiger charge is 2.61. The number of amides is 2. The molecule has 2 fully saturated rings. The maximum Gasteiger partial charge on any atom is 0.327 e.